The van der Waals surface area contributed by atoms with Gasteiger partial charge in [0.25, 0.3) is 0 Å². The van der Waals surface area contributed by atoms with Gasteiger partial charge in [0, 0.05) is 6.42 Å². The summed E-state index contributed by atoms with van der Waals surface area (Å²) in [7, 11) is 0. The van der Waals surface area contributed by atoms with Crippen LogP contribution in [0.3, 0.4) is 0 Å². The maximum absolute atomic E-state index is 10.8. The molecule has 2 aliphatic rings. The smallest absolute Gasteiger partial charge is 0.122 e. The Morgan fingerprint density at radius 2 is 2.15 bits per heavy atom. The summed E-state index contributed by atoms with van der Waals surface area (Å²) < 4.78 is 5.54. The lowest BCUT2D eigenvalue weighted by Crippen LogP contribution is -2.38. The Balaban J connectivity index is 1.61. The summed E-state index contributed by atoms with van der Waals surface area (Å²) in [6.07, 6.45) is 5.99. The van der Waals surface area contributed by atoms with Gasteiger partial charge in [-0.05, 0) is 61.1 Å². The fourth-order valence-electron chi connectivity index (χ4n) is 3.68. The van der Waals surface area contributed by atoms with Gasteiger partial charge in [-0.15, -0.1) is 0 Å². The van der Waals surface area contributed by atoms with Crippen LogP contribution in [-0.4, -0.2) is 17.3 Å². The van der Waals surface area contributed by atoms with Crippen molar-refractivity contribution in [3.8, 4) is 5.75 Å². The number of benzene rings is 1. The highest BCUT2D eigenvalue weighted by Crippen LogP contribution is 2.39. The first kappa shape index (κ1) is 13.9. The molecule has 0 radical (unpaired) electrons. The minimum atomic E-state index is -0.443. The van der Waals surface area contributed by atoms with Crippen molar-refractivity contribution in [1.82, 2.24) is 0 Å². The van der Waals surface area contributed by atoms with Crippen molar-refractivity contribution in [2.75, 3.05) is 6.61 Å². The molecule has 1 saturated carbocycles. The van der Waals surface area contributed by atoms with Crippen LogP contribution >= 0.6 is 0 Å². The molecule has 3 rings (SSSR count). The van der Waals surface area contributed by atoms with Crippen LogP contribution in [0.25, 0.3) is 0 Å². The van der Waals surface area contributed by atoms with Crippen LogP contribution in [0.5, 0.6) is 5.75 Å². The molecule has 1 aromatic rings. The van der Waals surface area contributed by atoms with Gasteiger partial charge in [-0.3, -0.25) is 0 Å². The lowest BCUT2D eigenvalue weighted by atomic mass is 9.71. The second kappa shape index (κ2) is 5.40. The highest BCUT2D eigenvalue weighted by Gasteiger charge is 2.35. The van der Waals surface area contributed by atoms with Crippen molar-refractivity contribution in [2.24, 2.45) is 11.8 Å². The monoisotopic (exact) mass is 274 g/mol. The molecule has 2 heteroatoms. The van der Waals surface area contributed by atoms with Crippen molar-refractivity contribution < 1.29 is 9.84 Å². The van der Waals surface area contributed by atoms with E-state index in [1.54, 1.807) is 0 Å². The van der Waals surface area contributed by atoms with Gasteiger partial charge in [-0.2, -0.15) is 0 Å². The predicted molar refractivity (Wildman–Crippen MR) is 81.1 cm³/mol. The molecule has 0 aromatic heterocycles. The molecule has 110 valence electrons. The molecule has 3 atom stereocenters. The third-order valence-corrected chi connectivity index (χ3v) is 5.37. The van der Waals surface area contributed by atoms with Gasteiger partial charge in [-0.25, -0.2) is 0 Å². The zero-order valence-corrected chi connectivity index (χ0v) is 12.7. The molecule has 20 heavy (non-hydrogen) atoms. The van der Waals surface area contributed by atoms with Gasteiger partial charge in [0.15, 0.2) is 0 Å². The molecule has 1 N–H and O–H groups in total. The SMILES string of the molecule is CC1CCC(O)(CCc2ccc3c(c2)CCO3)CC1C. The summed E-state index contributed by atoms with van der Waals surface area (Å²) >= 11 is 0. The second-order valence-corrected chi connectivity index (χ2v) is 6.96. The highest BCUT2D eigenvalue weighted by atomic mass is 16.5. The lowest BCUT2D eigenvalue weighted by Gasteiger charge is -2.39. The van der Waals surface area contributed by atoms with Crippen LogP contribution in [-0.2, 0) is 12.8 Å². The molecule has 0 amide bonds. The van der Waals surface area contributed by atoms with E-state index in [2.05, 4.69) is 32.0 Å². The van der Waals surface area contributed by atoms with E-state index >= 15 is 0 Å². The minimum absolute atomic E-state index is 0.443. The summed E-state index contributed by atoms with van der Waals surface area (Å²) in [4.78, 5) is 0. The highest BCUT2D eigenvalue weighted by molar-refractivity contribution is 5.39. The first-order valence-electron chi connectivity index (χ1n) is 8.03. The zero-order valence-electron chi connectivity index (χ0n) is 12.7. The van der Waals surface area contributed by atoms with Crippen molar-refractivity contribution in [2.45, 2.75) is 58.0 Å². The summed E-state index contributed by atoms with van der Waals surface area (Å²) in [6.45, 7) is 5.41. The molecule has 0 saturated heterocycles. The molecule has 1 aromatic carbocycles. The van der Waals surface area contributed by atoms with Crippen molar-refractivity contribution in [3.05, 3.63) is 29.3 Å². The van der Waals surface area contributed by atoms with E-state index in [-0.39, 0.29) is 0 Å². The minimum Gasteiger partial charge on any atom is -0.493 e. The average Bonchev–Trinajstić information content (AvgIpc) is 2.89. The number of ether oxygens (including phenoxy) is 1. The standard InChI is InChI=1S/C18H26O2/c1-13-5-8-18(19,12-14(13)2)9-6-15-3-4-17-16(11-15)7-10-20-17/h3-4,11,13-14,19H,5-10,12H2,1-2H3. The normalized spacial score (nSPS) is 32.8. The second-order valence-electron chi connectivity index (χ2n) is 6.96. The Morgan fingerprint density at radius 3 is 2.95 bits per heavy atom. The summed E-state index contributed by atoms with van der Waals surface area (Å²) in [5, 5.41) is 10.8. The molecule has 1 aliphatic carbocycles. The Kier molecular flexibility index (Phi) is 3.76. The summed E-state index contributed by atoms with van der Waals surface area (Å²) in [5.41, 5.74) is 2.23. The molecule has 1 fully saturated rings. The first-order valence-corrected chi connectivity index (χ1v) is 8.03. The van der Waals surface area contributed by atoms with Crippen molar-refractivity contribution >= 4 is 0 Å². The maximum atomic E-state index is 10.8. The topological polar surface area (TPSA) is 29.5 Å². The Labute approximate surface area is 122 Å². The van der Waals surface area contributed by atoms with Gasteiger partial charge >= 0.3 is 0 Å². The quantitative estimate of drug-likeness (QED) is 0.910. The maximum Gasteiger partial charge on any atom is 0.122 e. The van der Waals surface area contributed by atoms with Gasteiger partial charge < -0.3 is 9.84 Å². The molecule has 1 heterocycles. The van der Waals surface area contributed by atoms with Gasteiger partial charge in [0.2, 0.25) is 0 Å². The largest absolute Gasteiger partial charge is 0.493 e. The van der Waals surface area contributed by atoms with Gasteiger partial charge in [-0.1, -0.05) is 26.0 Å². The number of hydrogen-bond acceptors (Lipinski definition) is 2. The number of hydrogen-bond donors (Lipinski definition) is 1. The van der Waals surface area contributed by atoms with E-state index in [0.717, 1.165) is 56.8 Å². The van der Waals surface area contributed by atoms with E-state index in [4.69, 9.17) is 4.74 Å². The number of aryl methyl sites for hydroxylation is 1. The zero-order chi connectivity index (χ0) is 14.2. The van der Waals surface area contributed by atoms with E-state index < -0.39 is 5.60 Å². The number of aliphatic hydroxyl groups is 1. The predicted octanol–water partition coefficient (Wildman–Crippen LogP) is 3.74. The summed E-state index contributed by atoms with van der Waals surface area (Å²) in [5.74, 6) is 2.45. The average molecular weight is 274 g/mol. The fraction of sp³-hybridized carbons (Fsp3) is 0.667. The Hall–Kier alpha value is -1.02. The lowest BCUT2D eigenvalue weighted by molar-refractivity contribution is -0.0347. The van der Waals surface area contributed by atoms with Crippen LogP contribution in [0.15, 0.2) is 18.2 Å². The van der Waals surface area contributed by atoms with Gasteiger partial charge in [0.1, 0.15) is 5.75 Å². The van der Waals surface area contributed by atoms with E-state index in [1.807, 2.05) is 0 Å². The first-order chi connectivity index (χ1) is 9.56. The molecule has 0 spiro atoms. The van der Waals surface area contributed by atoms with Crippen LogP contribution < -0.4 is 4.74 Å². The Morgan fingerprint density at radius 1 is 1.30 bits per heavy atom. The third-order valence-electron chi connectivity index (χ3n) is 5.37. The molecule has 2 nitrogen and oxygen atoms in total. The van der Waals surface area contributed by atoms with Crippen LogP contribution in [0.1, 0.15) is 50.7 Å². The summed E-state index contributed by atoms with van der Waals surface area (Å²) in [6, 6.07) is 6.51. The number of fused-ring (bicyclic) bond motifs is 1. The van der Waals surface area contributed by atoms with Crippen LogP contribution in [0, 0.1) is 11.8 Å². The molecule has 0 bridgehead atoms. The molecule has 1 aliphatic heterocycles. The van der Waals surface area contributed by atoms with E-state index in [9.17, 15) is 5.11 Å². The van der Waals surface area contributed by atoms with Crippen molar-refractivity contribution in [1.29, 1.82) is 0 Å². The van der Waals surface area contributed by atoms with E-state index in [0.29, 0.717) is 5.92 Å². The third kappa shape index (κ3) is 2.85. The Bertz CT molecular complexity index is 482. The van der Waals surface area contributed by atoms with Crippen LogP contribution in [0.4, 0.5) is 0 Å². The van der Waals surface area contributed by atoms with Gasteiger partial charge in [0.05, 0.1) is 12.2 Å². The number of rotatable bonds is 3. The van der Waals surface area contributed by atoms with Crippen LogP contribution in [0.2, 0.25) is 0 Å². The molecule has 3 unspecified atom stereocenters. The fourth-order valence-corrected chi connectivity index (χ4v) is 3.68. The van der Waals surface area contributed by atoms with Crippen molar-refractivity contribution in [3.63, 3.8) is 0 Å². The molecular formula is C18H26O2. The van der Waals surface area contributed by atoms with E-state index in [1.165, 1.54) is 11.1 Å². The molecular weight excluding hydrogens is 248 g/mol.